The molecule has 0 spiro atoms. The van der Waals surface area contributed by atoms with Gasteiger partial charge in [0.05, 0.1) is 5.56 Å². The zero-order valence-electron chi connectivity index (χ0n) is 16.5. The van der Waals surface area contributed by atoms with Crippen molar-refractivity contribution in [2.45, 2.75) is 24.6 Å². The summed E-state index contributed by atoms with van der Waals surface area (Å²) in [6, 6.07) is 13.0. The van der Waals surface area contributed by atoms with Crippen molar-refractivity contribution in [2.24, 2.45) is 0 Å². The lowest BCUT2D eigenvalue weighted by Crippen LogP contribution is -2.18. The first-order valence-corrected chi connectivity index (χ1v) is 11.5. The predicted molar refractivity (Wildman–Crippen MR) is 116 cm³/mol. The Morgan fingerprint density at radius 3 is 2.47 bits per heavy atom. The number of fused-ring (bicyclic) bond motifs is 1. The Morgan fingerprint density at radius 1 is 1.00 bits per heavy atom. The molecule has 9 heteroatoms. The Morgan fingerprint density at radius 2 is 1.75 bits per heavy atom. The number of ether oxygens (including phenoxy) is 3. The van der Waals surface area contributed by atoms with Crippen molar-refractivity contribution in [3.8, 4) is 21.9 Å². The summed E-state index contributed by atoms with van der Waals surface area (Å²) in [5.41, 5.74) is -0.569. The first kappa shape index (κ1) is 21.3. The van der Waals surface area contributed by atoms with E-state index in [-0.39, 0.29) is 4.47 Å². The highest BCUT2D eigenvalue weighted by atomic mass is 79.9. The lowest BCUT2D eigenvalue weighted by Gasteiger charge is -2.19. The molecule has 32 heavy (non-hydrogen) atoms. The molecule has 0 unspecified atom stereocenters. The van der Waals surface area contributed by atoms with Gasteiger partial charge in [0.2, 0.25) is 0 Å². The van der Waals surface area contributed by atoms with Crippen LogP contribution in [-0.4, -0.2) is 19.2 Å². The Hall–Kier alpha value is -2.52. The monoisotopic (exact) mass is 524 g/mol. The molecule has 1 saturated carbocycles. The second kappa shape index (κ2) is 7.81. The quantitative estimate of drug-likeness (QED) is 0.351. The van der Waals surface area contributed by atoms with Gasteiger partial charge in [0.25, 0.3) is 0 Å². The minimum Gasteiger partial charge on any atom is -0.486 e. The number of halogens is 4. The fraction of sp³-hybridized carbons (Fsp3) is 0.261. The second-order valence-electron chi connectivity index (χ2n) is 7.60. The molecule has 1 aliphatic heterocycles. The van der Waals surface area contributed by atoms with E-state index in [0.717, 1.165) is 16.5 Å². The first-order chi connectivity index (χ1) is 15.2. The molecule has 0 saturated heterocycles. The van der Waals surface area contributed by atoms with Crippen LogP contribution in [0.1, 0.15) is 33.6 Å². The molecule has 0 radical (unpaired) electrons. The van der Waals surface area contributed by atoms with Gasteiger partial charge in [0.1, 0.15) is 23.7 Å². The van der Waals surface area contributed by atoms with E-state index in [1.807, 2.05) is 24.3 Å². The summed E-state index contributed by atoms with van der Waals surface area (Å²) in [6.45, 7) is 0.985. The van der Waals surface area contributed by atoms with Gasteiger partial charge in [0.15, 0.2) is 11.5 Å². The van der Waals surface area contributed by atoms with E-state index in [9.17, 15) is 18.0 Å². The number of hydrogen-bond donors (Lipinski definition) is 0. The van der Waals surface area contributed by atoms with Crippen LogP contribution < -0.4 is 9.47 Å². The highest BCUT2D eigenvalue weighted by Gasteiger charge is 2.50. The van der Waals surface area contributed by atoms with Gasteiger partial charge in [-0.15, -0.1) is 11.3 Å². The van der Waals surface area contributed by atoms with Gasteiger partial charge in [-0.05, 0) is 66.4 Å². The second-order valence-corrected chi connectivity index (χ2v) is 9.54. The van der Waals surface area contributed by atoms with Gasteiger partial charge in [-0.2, -0.15) is 13.2 Å². The van der Waals surface area contributed by atoms with Crippen molar-refractivity contribution >= 4 is 33.2 Å². The molecule has 0 bridgehead atoms. The van der Waals surface area contributed by atoms with Gasteiger partial charge in [0, 0.05) is 9.35 Å². The van der Waals surface area contributed by atoms with Gasteiger partial charge in [-0.1, -0.05) is 22.0 Å². The average molecular weight is 525 g/mol. The summed E-state index contributed by atoms with van der Waals surface area (Å²) in [6.07, 6.45) is -3.53. The fourth-order valence-electron chi connectivity index (χ4n) is 3.62. The summed E-state index contributed by atoms with van der Waals surface area (Å²) >= 11 is 4.21. The SMILES string of the molecule is O=C(OC1(c2ccc(Br)c(C(F)(F)F)c2)CC1)c1ccc(-c2ccc3c(c2)OCCO3)s1. The molecule has 2 aromatic carbocycles. The molecule has 2 aliphatic rings. The van der Waals surface area contributed by atoms with Crippen molar-refractivity contribution < 1.29 is 32.2 Å². The van der Waals surface area contributed by atoms with E-state index in [1.54, 1.807) is 12.1 Å². The Bertz CT molecular complexity index is 1200. The number of alkyl halides is 3. The van der Waals surface area contributed by atoms with Crippen molar-refractivity contribution in [1.82, 2.24) is 0 Å². The highest BCUT2D eigenvalue weighted by Crippen LogP contribution is 2.51. The maximum absolute atomic E-state index is 13.3. The number of carbonyl (C=O) groups excluding carboxylic acids is 1. The molecule has 3 aromatic rings. The van der Waals surface area contributed by atoms with Crippen molar-refractivity contribution in [3.05, 3.63) is 69.0 Å². The minimum absolute atomic E-state index is 0.0433. The Balaban J connectivity index is 1.36. The molecule has 5 rings (SSSR count). The summed E-state index contributed by atoms with van der Waals surface area (Å²) in [7, 11) is 0. The molecule has 166 valence electrons. The number of rotatable bonds is 4. The van der Waals surface area contributed by atoms with E-state index in [2.05, 4.69) is 15.9 Å². The number of esters is 1. The van der Waals surface area contributed by atoms with Crippen molar-refractivity contribution in [3.63, 3.8) is 0 Å². The molecule has 4 nitrogen and oxygen atoms in total. The minimum atomic E-state index is -4.50. The van der Waals surface area contributed by atoms with Crippen LogP contribution in [-0.2, 0) is 16.5 Å². The lowest BCUT2D eigenvalue weighted by molar-refractivity contribution is -0.138. The van der Waals surface area contributed by atoms with Crippen molar-refractivity contribution in [1.29, 1.82) is 0 Å². The summed E-state index contributed by atoms with van der Waals surface area (Å²) < 4.78 is 56.7. The third-order valence-corrected chi connectivity index (χ3v) is 7.23. The largest absolute Gasteiger partial charge is 0.486 e. The van der Waals surface area contributed by atoms with Crippen LogP contribution in [0.5, 0.6) is 11.5 Å². The molecular formula is C23H16BrF3O4S. The van der Waals surface area contributed by atoms with Crippen LogP contribution in [0.2, 0.25) is 0 Å². The summed E-state index contributed by atoms with van der Waals surface area (Å²) in [5, 5.41) is 0. The van der Waals surface area contributed by atoms with Crippen LogP contribution in [0, 0.1) is 0 Å². The number of benzene rings is 2. The maximum Gasteiger partial charge on any atom is 0.417 e. The summed E-state index contributed by atoms with van der Waals surface area (Å²) in [4.78, 5) is 14.0. The topological polar surface area (TPSA) is 44.8 Å². The Kier molecular flexibility index (Phi) is 5.21. The van der Waals surface area contributed by atoms with Crippen LogP contribution in [0.25, 0.3) is 10.4 Å². The van der Waals surface area contributed by atoms with Gasteiger partial charge < -0.3 is 14.2 Å². The molecular weight excluding hydrogens is 509 g/mol. The van der Waals surface area contributed by atoms with Gasteiger partial charge in [-0.3, -0.25) is 0 Å². The van der Waals surface area contributed by atoms with E-state index in [0.29, 0.717) is 48.0 Å². The van der Waals surface area contributed by atoms with E-state index >= 15 is 0 Å². The third kappa shape index (κ3) is 3.99. The molecule has 2 heterocycles. The first-order valence-electron chi connectivity index (χ1n) is 9.86. The summed E-state index contributed by atoms with van der Waals surface area (Å²) in [5.74, 6) is 0.784. The fourth-order valence-corrected chi connectivity index (χ4v) is 4.97. The van der Waals surface area contributed by atoms with Crippen LogP contribution in [0.4, 0.5) is 13.2 Å². The Labute approximate surface area is 194 Å². The lowest BCUT2D eigenvalue weighted by atomic mass is 10.0. The maximum atomic E-state index is 13.3. The van der Waals surface area contributed by atoms with E-state index in [1.165, 1.54) is 17.4 Å². The standard InChI is InChI=1S/C23H16BrF3O4S/c24-16-3-2-14(12-15(16)23(25,26)27)22(7-8-22)31-21(28)20-6-5-19(32-20)13-1-4-17-18(11-13)30-10-9-29-17/h1-6,11-12H,7-10H2. The van der Waals surface area contributed by atoms with Gasteiger partial charge in [-0.25, -0.2) is 4.79 Å². The van der Waals surface area contributed by atoms with E-state index in [4.69, 9.17) is 14.2 Å². The van der Waals surface area contributed by atoms with Crippen LogP contribution >= 0.6 is 27.3 Å². The van der Waals surface area contributed by atoms with Crippen LogP contribution in [0.15, 0.2) is 53.0 Å². The normalized spacial score (nSPS) is 16.5. The van der Waals surface area contributed by atoms with Crippen LogP contribution in [0.3, 0.4) is 0 Å². The molecule has 0 N–H and O–H groups in total. The predicted octanol–water partition coefficient (Wildman–Crippen LogP) is 6.81. The average Bonchev–Trinajstić information content (AvgIpc) is 3.37. The number of hydrogen-bond acceptors (Lipinski definition) is 5. The molecule has 0 atom stereocenters. The smallest absolute Gasteiger partial charge is 0.417 e. The van der Waals surface area contributed by atoms with E-state index < -0.39 is 23.3 Å². The zero-order valence-corrected chi connectivity index (χ0v) is 18.9. The number of thiophene rings is 1. The third-order valence-electron chi connectivity index (χ3n) is 5.42. The molecule has 1 fully saturated rings. The van der Waals surface area contributed by atoms with Crippen molar-refractivity contribution in [2.75, 3.05) is 13.2 Å². The molecule has 0 amide bonds. The number of carbonyl (C=O) groups is 1. The van der Waals surface area contributed by atoms with Gasteiger partial charge >= 0.3 is 12.1 Å². The zero-order chi connectivity index (χ0) is 22.5. The highest BCUT2D eigenvalue weighted by molar-refractivity contribution is 9.10. The molecule has 1 aromatic heterocycles. The molecule has 1 aliphatic carbocycles.